The van der Waals surface area contributed by atoms with Crippen molar-refractivity contribution in [3.8, 4) is 28.7 Å². The summed E-state index contributed by atoms with van der Waals surface area (Å²) in [6.07, 6.45) is 3.78. The second-order valence-corrected chi connectivity index (χ2v) is 7.25. The molecule has 0 amide bonds. The van der Waals surface area contributed by atoms with E-state index in [1.807, 2.05) is 32.1 Å². The predicted octanol–water partition coefficient (Wildman–Crippen LogP) is 3.65. The zero-order valence-corrected chi connectivity index (χ0v) is 15.3. The van der Waals surface area contributed by atoms with Crippen molar-refractivity contribution in [2.75, 3.05) is 13.7 Å². The summed E-state index contributed by atoms with van der Waals surface area (Å²) in [6, 6.07) is 6.14. The summed E-state index contributed by atoms with van der Waals surface area (Å²) < 4.78 is 16.8. The van der Waals surface area contributed by atoms with Gasteiger partial charge in [0.2, 0.25) is 0 Å². The molecular weight excluding hydrogens is 348 g/mol. The van der Waals surface area contributed by atoms with Crippen molar-refractivity contribution in [3.05, 3.63) is 47.0 Å². The van der Waals surface area contributed by atoms with E-state index >= 15 is 0 Å². The monoisotopic (exact) mass is 368 g/mol. The van der Waals surface area contributed by atoms with E-state index in [-0.39, 0.29) is 35.2 Å². The highest BCUT2D eigenvalue weighted by Gasteiger charge is 2.35. The number of phenolic OH excluding ortho intramolecular Hbond substituents is 2. The number of aromatic hydroxyl groups is 2. The minimum absolute atomic E-state index is 0.0174. The van der Waals surface area contributed by atoms with Crippen LogP contribution in [-0.4, -0.2) is 35.3 Å². The summed E-state index contributed by atoms with van der Waals surface area (Å²) in [5.74, 6) is 0.110. The standard InChI is InChI=1S/C21H20O6/c1-21(2)5-4-11-6-12(7-15(23)20(11)27-21)14-10-26-17-9-13(22)8-16(25-3)18(17)19(14)24/h4-9,14,22-23H,10H2,1-3H3/t14-/m0/s1. The van der Waals surface area contributed by atoms with Gasteiger partial charge in [0, 0.05) is 17.7 Å². The van der Waals surface area contributed by atoms with Crippen LogP contribution in [0.4, 0.5) is 0 Å². The van der Waals surface area contributed by atoms with Crippen molar-refractivity contribution < 1.29 is 29.2 Å². The highest BCUT2D eigenvalue weighted by atomic mass is 16.5. The molecule has 4 rings (SSSR count). The van der Waals surface area contributed by atoms with Gasteiger partial charge in [0.05, 0.1) is 13.0 Å². The minimum Gasteiger partial charge on any atom is -0.508 e. The third-order valence-electron chi connectivity index (χ3n) is 4.79. The van der Waals surface area contributed by atoms with E-state index in [9.17, 15) is 15.0 Å². The number of rotatable bonds is 2. The fourth-order valence-corrected chi connectivity index (χ4v) is 3.45. The van der Waals surface area contributed by atoms with Gasteiger partial charge in [0.1, 0.15) is 35.0 Å². The second-order valence-electron chi connectivity index (χ2n) is 7.25. The van der Waals surface area contributed by atoms with Crippen molar-refractivity contribution in [2.45, 2.75) is 25.4 Å². The van der Waals surface area contributed by atoms with Crippen LogP contribution in [0, 0.1) is 0 Å². The fourth-order valence-electron chi connectivity index (χ4n) is 3.45. The van der Waals surface area contributed by atoms with Crippen molar-refractivity contribution in [1.82, 2.24) is 0 Å². The number of hydrogen-bond donors (Lipinski definition) is 2. The van der Waals surface area contributed by atoms with Gasteiger partial charge in [0.15, 0.2) is 17.3 Å². The molecule has 2 aliphatic rings. The van der Waals surface area contributed by atoms with E-state index in [1.54, 1.807) is 0 Å². The van der Waals surface area contributed by atoms with Crippen LogP contribution < -0.4 is 14.2 Å². The highest BCUT2D eigenvalue weighted by Crippen LogP contribution is 2.44. The molecule has 6 nitrogen and oxygen atoms in total. The SMILES string of the molecule is COc1cc(O)cc2c1C(=O)[C@H](c1cc(O)c3c(c1)C=CC(C)(C)O3)CO2. The van der Waals surface area contributed by atoms with Crippen LogP contribution in [0.25, 0.3) is 6.08 Å². The lowest BCUT2D eigenvalue weighted by Gasteiger charge is -2.30. The minimum atomic E-state index is -0.601. The van der Waals surface area contributed by atoms with E-state index in [2.05, 4.69) is 0 Å². The molecule has 2 aliphatic heterocycles. The maximum absolute atomic E-state index is 13.1. The Morgan fingerprint density at radius 2 is 1.96 bits per heavy atom. The number of hydrogen-bond acceptors (Lipinski definition) is 6. The zero-order valence-electron chi connectivity index (χ0n) is 15.3. The van der Waals surface area contributed by atoms with Crippen molar-refractivity contribution in [3.63, 3.8) is 0 Å². The summed E-state index contributed by atoms with van der Waals surface area (Å²) in [5, 5.41) is 20.2. The predicted molar refractivity (Wildman–Crippen MR) is 99.1 cm³/mol. The van der Waals surface area contributed by atoms with Crippen LogP contribution in [0.2, 0.25) is 0 Å². The molecule has 140 valence electrons. The van der Waals surface area contributed by atoms with Crippen LogP contribution in [0.5, 0.6) is 28.7 Å². The molecule has 0 spiro atoms. The molecule has 0 aromatic heterocycles. The Bertz CT molecular complexity index is 956. The van der Waals surface area contributed by atoms with Crippen LogP contribution in [0.1, 0.15) is 41.3 Å². The molecule has 1 atom stereocenters. The highest BCUT2D eigenvalue weighted by molar-refractivity contribution is 6.06. The van der Waals surface area contributed by atoms with Gasteiger partial charge in [0.25, 0.3) is 0 Å². The normalized spacial score (nSPS) is 19.5. The molecule has 0 bridgehead atoms. The Morgan fingerprint density at radius 3 is 2.70 bits per heavy atom. The van der Waals surface area contributed by atoms with Crippen molar-refractivity contribution in [2.24, 2.45) is 0 Å². The number of methoxy groups -OCH3 is 1. The van der Waals surface area contributed by atoms with Crippen LogP contribution in [0.15, 0.2) is 30.3 Å². The molecule has 6 heteroatoms. The number of fused-ring (bicyclic) bond motifs is 2. The van der Waals surface area contributed by atoms with E-state index in [0.29, 0.717) is 22.6 Å². The molecule has 27 heavy (non-hydrogen) atoms. The first-order valence-corrected chi connectivity index (χ1v) is 8.62. The van der Waals surface area contributed by atoms with Gasteiger partial charge in [-0.05, 0) is 37.6 Å². The van der Waals surface area contributed by atoms with Crippen LogP contribution >= 0.6 is 0 Å². The number of ketones is 1. The van der Waals surface area contributed by atoms with E-state index < -0.39 is 11.5 Å². The topological polar surface area (TPSA) is 85.2 Å². The molecule has 0 saturated carbocycles. The third kappa shape index (κ3) is 2.87. The summed E-state index contributed by atoms with van der Waals surface area (Å²) in [5.41, 5.74) is 1.12. The third-order valence-corrected chi connectivity index (χ3v) is 4.79. The lowest BCUT2D eigenvalue weighted by Crippen LogP contribution is -2.28. The molecule has 2 heterocycles. The molecule has 0 unspecified atom stereocenters. The summed E-state index contributed by atoms with van der Waals surface area (Å²) in [7, 11) is 1.43. The smallest absolute Gasteiger partial charge is 0.181 e. The zero-order chi connectivity index (χ0) is 19.3. The van der Waals surface area contributed by atoms with Crippen molar-refractivity contribution >= 4 is 11.9 Å². The average molecular weight is 368 g/mol. The number of carbonyl (C=O) groups excluding carboxylic acids is 1. The maximum atomic E-state index is 13.1. The number of benzene rings is 2. The molecule has 0 fully saturated rings. The van der Waals surface area contributed by atoms with Gasteiger partial charge in [-0.15, -0.1) is 0 Å². The number of phenols is 2. The van der Waals surface area contributed by atoms with E-state index in [1.165, 1.54) is 25.3 Å². The Morgan fingerprint density at radius 1 is 1.19 bits per heavy atom. The average Bonchev–Trinajstić information content (AvgIpc) is 2.61. The number of ether oxygens (including phenoxy) is 3. The lowest BCUT2D eigenvalue weighted by atomic mass is 9.86. The van der Waals surface area contributed by atoms with E-state index in [4.69, 9.17) is 14.2 Å². The summed E-state index contributed by atoms with van der Waals surface area (Å²) in [6.45, 7) is 3.90. The van der Waals surface area contributed by atoms with Gasteiger partial charge in [-0.25, -0.2) is 0 Å². The molecule has 2 aromatic rings. The lowest BCUT2D eigenvalue weighted by molar-refractivity contribution is 0.0891. The second kappa shape index (κ2) is 5.94. The molecule has 2 aromatic carbocycles. The first-order valence-electron chi connectivity index (χ1n) is 8.62. The van der Waals surface area contributed by atoms with Crippen LogP contribution in [-0.2, 0) is 0 Å². The quantitative estimate of drug-likeness (QED) is 0.842. The van der Waals surface area contributed by atoms with Crippen LogP contribution in [0.3, 0.4) is 0 Å². The van der Waals surface area contributed by atoms with Gasteiger partial charge in [-0.1, -0.05) is 6.08 Å². The van der Waals surface area contributed by atoms with Gasteiger partial charge >= 0.3 is 0 Å². The Balaban J connectivity index is 1.76. The fraction of sp³-hybridized carbons (Fsp3) is 0.286. The summed E-state index contributed by atoms with van der Waals surface area (Å²) >= 11 is 0. The Labute approximate surface area is 156 Å². The molecule has 0 saturated heterocycles. The first kappa shape index (κ1) is 17.3. The molecular formula is C21H20O6. The Kier molecular flexibility index (Phi) is 3.80. The van der Waals surface area contributed by atoms with Crippen molar-refractivity contribution in [1.29, 1.82) is 0 Å². The number of carbonyl (C=O) groups is 1. The largest absolute Gasteiger partial charge is 0.508 e. The maximum Gasteiger partial charge on any atom is 0.181 e. The molecule has 0 aliphatic carbocycles. The summed E-state index contributed by atoms with van der Waals surface area (Å²) in [4.78, 5) is 13.1. The Hall–Kier alpha value is -3.15. The molecule has 0 radical (unpaired) electrons. The van der Waals surface area contributed by atoms with Gasteiger partial charge in [-0.2, -0.15) is 0 Å². The number of Topliss-reactive ketones (excluding diaryl/α,β-unsaturated/α-hetero) is 1. The first-order chi connectivity index (χ1) is 12.8. The molecule has 2 N–H and O–H groups in total. The van der Waals surface area contributed by atoms with Gasteiger partial charge in [-0.3, -0.25) is 4.79 Å². The van der Waals surface area contributed by atoms with E-state index in [0.717, 1.165) is 0 Å². The van der Waals surface area contributed by atoms with Gasteiger partial charge < -0.3 is 24.4 Å².